The van der Waals surface area contributed by atoms with E-state index in [1.165, 1.54) is 11.6 Å². The van der Waals surface area contributed by atoms with Crippen LogP contribution in [0.2, 0.25) is 0 Å². The smallest absolute Gasteiger partial charge is 0.267 e. The number of hydrogen-bond acceptors (Lipinski definition) is 4. The van der Waals surface area contributed by atoms with Crippen molar-refractivity contribution in [1.29, 1.82) is 0 Å². The van der Waals surface area contributed by atoms with E-state index in [-0.39, 0.29) is 0 Å². The number of nitrogens with one attached hydrogen (secondary N) is 1. The SMILES string of the molecule is C=C/C(N=C)=C(\C=C/C/C=C/C(=O)NO)N(C)Cc1ccccc1. The van der Waals surface area contributed by atoms with E-state index in [1.54, 1.807) is 17.6 Å². The van der Waals surface area contributed by atoms with Gasteiger partial charge < -0.3 is 4.90 Å². The van der Waals surface area contributed by atoms with Crippen LogP contribution in [0.4, 0.5) is 0 Å². The first-order chi connectivity index (χ1) is 11.6. The molecule has 0 aliphatic heterocycles. The zero-order valence-corrected chi connectivity index (χ0v) is 13.9. The van der Waals surface area contributed by atoms with Crippen molar-refractivity contribution in [2.24, 2.45) is 4.99 Å². The van der Waals surface area contributed by atoms with Crippen molar-refractivity contribution >= 4 is 12.6 Å². The van der Waals surface area contributed by atoms with E-state index in [9.17, 15) is 4.79 Å². The Balaban J connectivity index is 2.87. The minimum Gasteiger partial charge on any atom is -0.369 e. The van der Waals surface area contributed by atoms with Crippen LogP contribution in [0.5, 0.6) is 0 Å². The number of benzene rings is 1. The predicted octanol–water partition coefficient (Wildman–Crippen LogP) is 3.22. The van der Waals surface area contributed by atoms with Crippen molar-refractivity contribution in [3.8, 4) is 0 Å². The highest BCUT2D eigenvalue weighted by Crippen LogP contribution is 2.16. The van der Waals surface area contributed by atoms with Crippen LogP contribution >= 0.6 is 0 Å². The second-order valence-electron chi connectivity index (χ2n) is 4.99. The molecule has 5 heteroatoms. The summed E-state index contributed by atoms with van der Waals surface area (Å²) >= 11 is 0. The second-order valence-corrected chi connectivity index (χ2v) is 4.99. The van der Waals surface area contributed by atoms with Crippen LogP contribution in [0.3, 0.4) is 0 Å². The molecule has 0 aliphatic carbocycles. The van der Waals surface area contributed by atoms with Gasteiger partial charge >= 0.3 is 0 Å². The molecule has 0 bridgehead atoms. The van der Waals surface area contributed by atoms with Gasteiger partial charge in [0, 0.05) is 19.7 Å². The number of nitrogens with zero attached hydrogens (tertiary/aromatic N) is 2. The van der Waals surface area contributed by atoms with E-state index in [4.69, 9.17) is 5.21 Å². The number of carbonyl (C=O) groups excluding carboxylic acids is 1. The molecule has 0 spiro atoms. The number of amides is 1. The van der Waals surface area contributed by atoms with Crippen LogP contribution in [0.1, 0.15) is 12.0 Å². The van der Waals surface area contributed by atoms with E-state index in [0.29, 0.717) is 12.1 Å². The fraction of sp³-hybridized carbons (Fsp3) is 0.158. The van der Waals surface area contributed by atoms with Crippen molar-refractivity contribution in [2.75, 3.05) is 7.05 Å². The molecule has 0 heterocycles. The highest BCUT2D eigenvalue weighted by molar-refractivity contribution is 5.86. The molecule has 0 aliphatic rings. The summed E-state index contributed by atoms with van der Waals surface area (Å²) in [5, 5.41) is 8.42. The summed E-state index contributed by atoms with van der Waals surface area (Å²) in [5.41, 5.74) is 4.28. The normalized spacial score (nSPS) is 12.1. The maximum absolute atomic E-state index is 10.9. The van der Waals surface area contributed by atoms with E-state index in [0.717, 1.165) is 12.2 Å². The molecule has 1 aromatic rings. The van der Waals surface area contributed by atoms with E-state index in [2.05, 4.69) is 35.3 Å². The van der Waals surface area contributed by atoms with Crippen LogP contribution in [0.25, 0.3) is 0 Å². The Morgan fingerprint density at radius 3 is 2.54 bits per heavy atom. The number of rotatable bonds is 9. The van der Waals surface area contributed by atoms with Crippen molar-refractivity contribution < 1.29 is 10.0 Å². The summed E-state index contributed by atoms with van der Waals surface area (Å²) in [4.78, 5) is 17.0. The third kappa shape index (κ3) is 6.46. The Hall–Kier alpha value is -2.92. The molecule has 0 atom stereocenters. The van der Waals surface area contributed by atoms with Gasteiger partial charge in [-0.2, -0.15) is 0 Å². The van der Waals surface area contributed by atoms with Crippen molar-refractivity contribution in [3.05, 3.63) is 84.2 Å². The first-order valence-corrected chi connectivity index (χ1v) is 7.48. The van der Waals surface area contributed by atoms with Gasteiger partial charge in [-0.1, -0.05) is 49.1 Å². The van der Waals surface area contributed by atoms with Crippen LogP contribution in [0, 0.1) is 0 Å². The van der Waals surface area contributed by atoms with Gasteiger partial charge in [0.25, 0.3) is 5.91 Å². The zero-order valence-electron chi connectivity index (χ0n) is 13.9. The van der Waals surface area contributed by atoms with E-state index in [1.807, 2.05) is 37.4 Å². The second kappa shape index (κ2) is 10.7. The summed E-state index contributed by atoms with van der Waals surface area (Å²) in [6.45, 7) is 8.08. The van der Waals surface area contributed by atoms with E-state index < -0.39 is 5.91 Å². The van der Waals surface area contributed by atoms with Gasteiger partial charge in [-0.25, -0.2) is 5.48 Å². The Morgan fingerprint density at radius 2 is 1.96 bits per heavy atom. The Morgan fingerprint density at radius 1 is 1.29 bits per heavy atom. The third-order valence-corrected chi connectivity index (χ3v) is 3.23. The average molecular weight is 325 g/mol. The number of hydrogen-bond donors (Lipinski definition) is 2. The fourth-order valence-electron chi connectivity index (χ4n) is 2.07. The van der Waals surface area contributed by atoms with Crippen LogP contribution in [-0.4, -0.2) is 29.8 Å². The standard InChI is InChI=1S/C19H23N3O2/c1-4-17(20-2)18(13-9-6-10-14-19(23)21-24)22(3)15-16-11-7-5-8-12-16/h4-5,7-14,24H,1-2,6,15H2,3H3,(H,21,23)/b13-9-,14-10+,18-17-. The number of likely N-dealkylation sites (N-methyl/N-ethyl adjacent to an activating group) is 1. The average Bonchev–Trinajstić information content (AvgIpc) is 2.61. The van der Waals surface area contributed by atoms with Gasteiger partial charge in [0.2, 0.25) is 0 Å². The summed E-state index contributed by atoms with van der Waals surface area (Å²) < 4.78 is 0. The fourth-order valence-corrected chi connectivity index (χ4v) is 2.07. The first-order valence-electron chi connectivity index (χ1n) is 7.48. The first kappa shape index (κ1) is 19.1. The van der Waals surface area contributed by atoms with Crippen LogP contribution < -0.4 is 5.48 Å². The predicted molar refractivity (Wildman–Crippen MR) is 97.5 cm³/mol. The molecule has 5 nitrogen and oxygen atoms in total. The van der Waals surface area contributed by atoms with Gasteiger partial charge in [-0.15, -0.1) is 0 Å². The van der Waals surface area contributed by atoms with Gasteiger partial charge in [-0.3, -0.25) is 15.0 Å². The molecule has 1 amide bonds. The maximum atomic E-state index is 10.9. The van der Waals surface area contributed by atoms with Gasteiger partial charge in [-0.05, 0) is 30.9 Å². The molecule has 1 aromatic carbocycles. The molecule has 0 saturated carbocycles. The topological polar surface area (TPSA) is 64.9 Å². The number of hydroxylamine groups is 1. The molecule has 0 unspecified atom stereocenters. The monoisotopic (exact) mass is 325 g/mol. The Kier molecular flexibility index (Phi) is 8.57. The van der Waals surface area contributed by atoms with Crippen molar-refractivity contribution in [2.45, 2.75) is 13.0 Å². The highest BCUT2D eigenvalue weighted by Gasteiger charge is 2.06. The molecule has 24 heavy (non-hydrogen) atoms. The lowest BCUT2D eigenvalue weighted by atomic mass is 10.2. The van der Waals surface area contributed by atoms with Crippen molar-refractivity contribution in [1.82, 2.24) is 10.4 Å². The number of aliphatic imine (C=N–C) groups is 1. The summed E-state index contributed by atoms with van der Waals surface area (Å²) in [6, 6.07) is 10.1. The molecule has 0 fully saturated rings. The van der Waals surface area contributed by atoms with Gasteiger partial charge in [0.05, 0.1) is 11.4 Å². The summed E-state index contributed by atoms with van der Waals surface area (Å²) in [6.07, 6.45) is 8.91. The maximum Gasteiger partial charge on any atom is 0.267 e. The van der Waals surface area contributed by atoms with Crippen LogP contribution in [-0.2, 0) is 11.3 Å². The summed E-state index contributed by atoms with van der Waals surface area (Å²) in [5.74, 6) is -0.556. The molecule has 0 aromatic heterocycles. The zero-order chi connectivity index (χ0) is 17.8. The molecule has 1 rings (SSSR count). The number of carbonyl (C=O) groups is 1. The van der Waals surface area contributed by atoms with Gasteiger partial charge in [0.1, 0.15) is 0 Å². The highest BCUT2D eigenvalue weighted by atomic mass is 16.5. The Labute approximate surface area is 143 Å². The molecular formula is C19H23N3O2. The van der Waals surface area contributed by atoms with Crippen LogP contribution in [0.15, 0.2) is 83.7 Å². The number of allylic oxidation sites excluding steroid dienone is 4. The lowest BCUT2D eigenvalue weighted by Crippen LogP contribution is -2.17. The third-order valence-electron chi connectivity index (χ3n) is 3.23. The summed E-state index contributed by atoms with van der Waals surface area (Å²) in [7, 11) is 1.97. The molecule has 2 N–H and O–H groups in total. The molecule has 126 valence electrons. The Bertz CT molecular complexity index is 636. The van der Waals surface area contributed by atoms with Gasteiger partial charge in [0.15, 0.2) is 0 Å². The minimum atomic E-state index is -0.556. The quantitative estimate of drug-likeness (QED) is 0.241. The largest absolute Gasteiger partial charge is 0.369 e. The van der Waals surface area contributed by atoms with E-state index >= 15 is 0 Å². The molecule has 0 saturated heterocycles. The lowest BCUT2D eigenvalue weighted by molar-refractivity contribution is -0.124. The van der Waals surface area contributed by atoms with Crippen molar-refractivity contribution in [3.63, 3.8) is 0 Å². The molecule has 0 radical (unpaired) electrons. The molecular weight excluding hydrogens is 302 g/mol. The lowest BCUT2D eigenvalue weighted by Gasteiger charge is -2.22. The minimum absolute atomic E-state index is 0.539.